The molecule has 46 heteroatoms. The molecule has 0 aliphatic heterocycles. The van der Waals surface area contributed by atoms with E-state index in [0.29, 0.717) is 28.9 Å². The predicted molar refractivity (Wildman–Crippen MR) is 522 cm³/mol. The summed E-state index contributed by atoms with van der Waals surface area (Å²) >= 11 is 1.30. The fourth-order valence-corrected chi connectivity index (χ4v) is 15.6. The molecular weight excluding hydrogens is 1870 g/mol. The van der Waals surface area contributed by atoms with Crippen molar-refractivity contribution in [2.45, 2.75) is 289 Å². The van der Waals surface area contributed by atoms with E-state index in [9.17, 15) is 117 Å². The number of aromatic amines is 2. The molecule has 0 aliphatic rings. The van der Waals surface area contributed by atoms with Crippen LogP contribution in [0, 0.1) is 29.6 Å². The molecule has 45 nitrogen and oxygen atoms in total. The Kier molecular flexibility index (Phi) is 49.6. The summed E-state index contributed by atoms with van der Waals surface area (Å²) in [4.78, 5) is 288. The Bertz CT molecular complexity index is 5120. The van der Waals surface area contributed by atoms with Gasteiger partial charge < -0.3 is 126 Å². The minimum atomic E-state index is -1.92. The Morgan fingerprint density at radius 3 is 1.27 bits per heavy atom. The maximum absolute atomic E-state index is 15.1. The molecule has 3 aromatic carbocycles. The van der Waals surface area contributed by atoms with Gasteiger partial charge in [-0.1, -0.05) is 143 Å². The Balaban J connectivity index is 1.36. The van der Waals surface area contributed by atoms with Gasteiger partial charge >= 0.3 is 23.9 Å². The summed E-state index contributed by atoms with van der Waals surface area (Å²) in [6.45, 7) is 20.4. The number of nitrogens with one attached hydrogen (secondary N) is 18. The van der Waals surface area contributed by atoms with E-state index in [1.54, 1.807) is 122 Å². The summed E-state index contributed by atoms with van der Waals surface area (Å²) in [5.41, 5.74) is 8.12. The van der Waals surface area contributed by atoms with E-state index >= 15 is 4.79 Å². The number of H-pyrrole nitrogens is 2. The van der Waals surface area contributed by atoms with Gasteiger partial charge in [-0.3, -0.25) is 91.1 Å². The highest BCUT2D eigenvalue weighted by Crippen LogP contribution is 2.23. The van der Waals surface area contributed by atoms with Crippen molar-refractivity contribution in [3.63, 3.8) is 0 Å². The number of fused-ring (bicyclic) bond motifs is 1. The van der Waals surface area contributed by atoms with Crippen LogP contribution in [-0.4, -0.2) is 274 Å². The first kappa shape index (κ1) is 118. The topological polar surface area (TPSA) is 706 Å². The summed E-state index contributed by atoms with van der Waals surface area (Å²) in [6, 6.07) is -4.23. The van der Waals surface area contributed by atoms with Crippen molar-refractivity contribution in [1.29, 1.82) is 0 Å². The smallest absolute Gasteiger partial charge is 0.326 e. The van der Waals surface area contributed by atoms with E-state index in [4.69, 9.17) is 5.73 Å². The lowest BCUT2D eigenvalue weighted by Crippen LogP contribution is -2.62. The van der Waals surface area contributed by atoms with E-state index in [1.807, 2.05) is 0 Å². The highest BCUT2D eigenvalue weighted by atomic mass is 32.2. The number of carbonyl (C=O) groups is 20. The number of rotatable bonds is 63. The first-order valence-electron chi connectivity index (χ1n) is 47.3. The van der Waals surface area contributed by atoms with Gasteiger partial charge in [0.2, 0.25) is 94.5 Å². The molecule has 5 rings (SSSR count). The minimum absolute atomic E-state index is 0.0148. The Hall–Kier alpha value is -14.1. The number of phenolic OH excluding ortho intramolecular Hbond substituents is 1. The number of thioether (sulfide) groups is 1. The molecule has 142 heavy (non-hydrogen) atoms. The van der Waals surface area contributed by atoms with E-state index in [0.717, 1.165) is 10.9 Å². The van der Waals surface area contributed by atoms with Gasteiger partial charge in [-0.25, -0.2) is 9.78 Å². The fraction of sp³-hybridized carbons (Fsp3) is 0.552. The third kappa shape index (κ3) is 40.3. The van der Waals surface area contributed by atoms with Crippen molar-refractivity contribution in [3.05, 3.63) is 120 Å². The van der Waals surface area contributed by atoms with E-state index in [-0.39, 0.29) is 94.5 Å². The molecule has 780 valence electrons. The molecule has 0 saturated carbocycles. The van der Waals surface area contributed by atoms with Crippen molar-refractivity contribution in [2.24, 2.45) is 35.3 Å². The molecule has 5 aromatic rings. The van der Waals surface area contributed by atoms with Gasteiger partial charge in [0.15, 0.2) is 0 Å². The SMILES string of the molecule is CC[C@H](C)[C@H](NC(=O)[C@H](CC(=O)O)NC(=O)[C@H](CC(C)C)NC(=O)[C@H](Cc1c[nH]cn1)NC(=O)[C@H](C)NC(=O)[C@H](Cc1ccccc1)NC(=O)[C@H](Cc1ccc(O)cc1)NC(=O)[C@@H](NC(=O)[C@H](C)NC(=O)[C@H](CCC(=O)O)NC(=O)[C@H](CCCCN)NC(=O)[C@H](CC(=O)O)NC(=O)[C@H](CCSC)NC(=O)[C@H](CC(C)C)NC(C)=O)C(C)C)C(=O)N[C@H](C(=O)N[C@@H](Cc1c[nH]c2ccccc12)C(=O)O)[C@@H](C)CC. The van der Waals surface area contributed by atoms with Crippen LogP contribution in [0.5, 0.6) is 5.75 Å². The molecule has 0 saturated heterocycles. The number of benzene rings is 3. The van der Waals surface area contributed by atoms with Gasteiger partial charge in [0.25, 0.3) is 0 Å². The number of nitrogens with two attached hydrogens (primary N) is 1. The highest BCUT2D eigenvalue weighted by molar-refractivity contribution is 7.98. The molecule has 2 heterocycles. The van der Waals surface area contributed by atoms with Crippen molar-refractivity contribution in [2.75, 3.05) is 18.6 Å². The number of carboxylic acid groups (broad SMARTS) is 4. The second-order valence-electron chi connectivity index (χ2n) is 36.5. The molecule has 25 N–H and O–H groups in total. The van der Waals surface area contributed by atoms with Crippen LogP contribution >= 0.6 is 11.8 Å². The average Bonchev–Trinajstić information content (AvgIpc) is 1.66. The third-order valence-corrected chi connectivity index (χ3v) is 24.1. The van der Waals surface area contributed by atoms with Gasteiger partial charge in [-0.15, -0.1) is 0 Å². The number of amides is 16. The molecule has 2 aromatic heterocycles. The number of carboxylic acids is 4. The molecule has 0 bridgehead atoms. The average molecular weight is 2010 g/mol. The summed E-state index contributed by atoms with van der Waals surface area (Å²) in [6.07, 6.45) is 2.21. The largest absolute Gasteiger partial charge is 0.508 e. The lowest BCUT2D eigenvalue weighted by molar-refractivity contribution is -0.143. The highest BCUT2D eigenvalue weighted by Gasteiger charge is 2.42. The zero-order chi connectivity index (χ0) is 106. The van der Waals surface area contributed by atoms with Crippen molar-refractivity contribution in [3.8, 4) is 5.75 Å². The van der Waals surface area contributed by atoms with Gasteiger partial charge in [-0.05, 0) is 142 Å². The number of phenols is 1. The van der Waals surface area contributed by atoms with Crippen molar-refractivity contribution >= 4 is 141 Å². The number of aromatic hydroxyl groups is 1. The second-order valence-corrected chi connectivity index (χ2v) is 37.5. The molecule has 0 aliphatic carbocycles. The summed E-state index contributed by atoms with van der Waals surface area (Å²) in [5.74, 6) is -24.2. The molecule has 0 unspecified atom stereocenters. The van der Waals surface area contributed by atoms with Crippen LogP contribution in [0.15, 0.2) is 97.6 Å². The molecule has 18 atom stereocenters. The van der Waals surface area contributed by atoms with Crippen LogP contribution in [0.3, 0.4) is 0 Å². The second kappa shape index (κ2) is 59.5. The van der Waals surface area contributed by atoms with Crippen LogP contribution in [0.25, 0.3) is 10.9 Å². The Morgan fingerprint density at radius 2 is 0.782 bits per heavy atom. The summed E-state index contributed by atoms with van der Waals surface area (Å²) in [5, 5.41) is 91.9. The molecule has 0 radical (unpaired) electrons. The maximum Gasteiger partial charge on any atom is 0.326 e. The minimum Gasteiger partial charge on any atom is -0.508 e. The van der Waals surface area contributed by atoms with Gasteiger partial charge in [-0.2, -0.15) is 11.8 Å². The van der Waals surface area contributed by atoms with Crippen molar-refractivity contribution < 1.29 is 121 Å². The van der Waals surface area contributed by atoms with Crippen LogP contribution in [-0.2, 0) is 122 Å². The zero-order valence-corrected chi connectivity index (χ0v) is 83.2. The zero-order valence-electron chi connectivity index (χ0n) is 82.4. The molecule has 0 fully saturated rings. The lowest BCUT2D eigenvalue weighted by atomic mass is 9.94. The molecule has 16 amide bonds. The maximum atomic E-state index is 15.1. The van der Waals surface area contributed by atoms with Crippen LogP contribution in [0.2, 0.25) is 0 Å². The number of aliphatic carboxylic acids is 4. The summed E-state index contributed by atoms with van der Waals surface area (Å²) in [7, 11) is 0. The van der Waals surface area contributed by atoms with Crippen LogP contribution in [0.1, 0.15) is 189 Å². The quantitative estimate of drug-likeness (QED) is 0.0233. The van der Waals surface area contributed by atoms with Gasteiger partial charge in [0.05, 0.1) is 24.9 Å². The third-order valence-electron chi connectivity index (χ3n) is 23.4. The van der Waals surface area contributed by atoms with E-state index in [2.05, 4.69) is 100 Å². The number of carbonyl (C=O) groups excluding carboxylic acids is 16. The number of imidazole rings is 1. The Labute approximate surface area is 827 Å². The number of aromatic nitrogens is 3. The summed E-state index contributed by atoms with van der Waals surface area (Å²) < 4.78 is 0. The monoisotopic (exact) mass is 2010 g/mol. The van der Waals surface area contributed by atoms with Gasteiger partial charge in [0.1, 0.15) is 102 Å². The van der Waals surface area contributed by atoms with Gasteiger partial charge in [0, 0.05) is 62.3 Å². The first-order valence-corrected chi connectivity index (χ1v) is 48.7. The number of nitrogens with zero attached hydrogens (tertiary/aromatic N) is 1. The van der Waals surface area contributed by atoms with Crippen LogP contribution < -0.4 is 90.8 Å². The molecular formula is C96H140N20O25S. The Morgan fingerprint density at radius 1 is 0.387 bits per heavy atom. The van der Waals surface area contributed by atoms with Crippen LogP contribution in [0.4, 0.5) is 0 Å². The fourth-order valence-electron chi connectivity index (χ4n) is 15.1. The van der Waals surface area contributed by atoms with E-state index < -0.39 is 264 Å². The lowest BCUT2D eigenvalue weighted by Gasteiger charge is -2.31. The number of hydrogen-bond donors (Lipinski definition) is 24. The van der Waals surface area contributed by atoms with E-state index in [1.165, 1.54) is 83.2 Å². The normalized spacial score (nSPS) is 15.1. The number of unbranched alkanes of at least 4 members (excludes halogenated alkanes) is 1. The van der Waals surface area contributed by atoms with Crippen molar-refractivity contribution in [1.82, 2.24) is 100 Å². The number of para-hydroxylation sites is 1. The standard InChI is InChI=1S/C96H140N20O25S/c1-15-52(9)79(94(138)113-74(96(140)141)42-59-46-99-63-27-21-20-26-62(59)63)116-95(139)80(53(10)16-2)115-92(136)73(45-77(123)124)111-88(132)68(39-50(5)6)108-90(134)71(43-60-47-98-48-100-60)107-81(125)54(11)102-86(130)69(40-57-24-18-17-19-25-57)109-89(133)70(41-58-29-31-61(118)32-30-58)112-93(137)78(51(7)8)114-82(126)55(12)101-83(127)65(33-34-75(119)120)105-84(128)64(28-22-23-36-97)104-91(135)72(44-76(121)122)110-85(129)66(35-37-142-14)106-87(131)67(38-49(3)4)103-56(13)117/h17-21,24-27,29-32,46-55,64-74,78-80,99,118H,15-16,22-23,28,33-45,97H2,1-14H3,(H,98,100)(H,101,127)(H,102,130)(H,103,117)(H,104,135)(H,105,128)(H,106,131)(H,107,125)(H,108,134)(H,109,133)(H,110,129)(H,111,132)(H,112,137)(H,113,138)(H,114,126)(H,115,136)(H,116,139)(H,119,120)(H,121,122)(H,123,124)(H,140,141)/t52-,53-,54-,55-,64-,65-,66-,67-,68-,69-,70-,71-,72-,73-,74-,78-,79-,80-/m0/s1. The number of hydrogen-bond acceptors (Lipinski definition) is 24. The molecule has 0 spiro atoms. The first-order chi connectivity index (χ1) is 67.1. The predicted octanol–water partition coefficient (Wildman–Crippen LogP) is 0.305.